The molecule has 0 radical (unpaired) electrons. The number of ether oxygens (including phenoxy) is 1. The molecule has 26 heavy (non-hydrogen) atoms. The lowest BCUT2D eigenvalue weighted by atomic mass is 10.1. The van der Waals surface area contributed by atoms with E-state index in [-0.39, 0.29) is 17.8 Å². The molecule has 1 saturated heterocycles. The third-order valence-corrected chi connectivity index (χ3v) is 4.49. The first-order valence-corrected chi connectivity index (χ1v) is 9.43. The topological polar surface area (TPSA) is 83.9 Å². The summed E-state index contributed by atoms with van der Waals surface area (Å²) in [6.45, 7) is 4.28. The van der Waals surface area contributed by atoms with Gasteiger partial charge in [0.05, 0.1) is 0 Å². The molecular formula is C19H27NO5S. The molecule has 0 aliphatic carbocycles. The van der Waals surface area contributed by atoms with Gasteiger partial charge < -0.3 is 14.7 Å². The normalized spacial score (nSPS) is 17.0. The molecule has 0 bridgehead atoms. The Bertz CT molecular complexity index is 593. The minimum atomic E-state index is -0.901. The highest BCUT2D eigenvalue weighted by Gasteiger charge is 2.35. The van der Waals surface area contributed by atoms with E-state index in [1.807, 2.05) is 25.1 Å². The van der Waals surface area contributed by atoms with Gasteiger partial charge >= 0.3 is 11.9 Å². The van der Waals surface area contributed by atoms with Crippen molar-refractivity contribution in [2.45, 2.75) is 45.6 Å². The van der Waals surface area contributed by atoms with Gasteiger partial charge in [-0.25, -0.2) is 4.79 Å². The first-order valence-electron chi connectivity index (χ1n) is 8.80. The number of esters is 1. The third-order valence-electron chi connectivity index (χ3n) is 3.95. The second kappa shape index (κ2) is 11.6. The Hall–Kier alpha value is -2.02. The van der Waals surface area contributed by atoms with Gasteiger partial charge in [0.1, 0.15) is 11.8 Å². The van der Waals surface area contributed by atoms with Crippen LogP contribution in [0.1, 0.15) is 39.5 Å². The van der Waals surface area contributed by atoms with Crippen molar-refractivity contribution in [3.63, 3.8) is 0 Å². The number of carbonyl (C=O) groups is 3. The molecular weight excluding hydrogens is 354 g/mol. The number of para-hydroxylation sites is 1. The molecule has 7 heteroatoms. The molecule has 6 nitrogen and oxygen atoms in total. The number of thiol groups is 1. The Labute approximate surface area is 159 Å². The van der Waals surface area contributed by atoms with Crippen molar-refractivity contribution in [2.75, 3.05) is 12.3 Å². The van der Waals surface area contributed by atoms with Gasteiger partial charge in [-0.2, -0.15) is 12.6 Å². The number of amides is 1. The molecule has 1 N–H and O–H groups in total. The van der Waals surface area contributed by atoms with E-state index in [2.05, 4.69) is 12.6 Å². The second-order valence-corrected chi connectivity index (χ2v) is 6.51. The van der Waals surface area contributed by atoms with Gasteiger partial charge in [-0.1, -0.05) is 32.0 Å². The minimum absolute atomic E-state index is 0.0927. The van der Waals surface area contributed by atoms with Crippen molar-refractivity contribution in [3.05, 3.63) is 30.3 Å². The summed E-state index contributed by atoms with van der Waals surface area (Å²) < 4.78 is 5.02. The Kier molecular flexibility index (Phi) is 9.80. The van der Waals surface area contributed by atoms with Crippen LogP contribution >= 0.6 is 12.6 Å². The highest BCUT2D eigenvalue weighted by Crippen LogP contribution is 2.20. The number of rotatable bonds is 6. The van der Waals surface area contributed by atoms with Crippen molar-refractivity contribution in [3.8, 4) is 5.75 Å². The Morgan fingerprint density at radius 3 is 2.50 bits per heavy atom. The second-order valence-electron chi connectivity index (χ2n) is 6.15. The minimum Gasteiger partial charge on any atom is -0.480 e. The lowest BCUT2D eigenvalue weighted by Gasteiger charge is -2.24. The fourth-order valence-electron chi connectivity index (χ4n) is 2.52. The van der Waals surface area contributed by atoms with Crippen molar-refractivity contribution >= 4 is 30.5 Å². The highest BCUT2D eigenvalue weighted by atomic mass is 32.1. The van der Waals surface area contributed by atoms with Crippen LogP contribution in [0.3, 0.4) is 0 Å². The molecule has 1 fully saturated rings. The Morgan fingerprint density at radius 1 is 1.31 bits per heavy atom. The van der Waals surface area contributed by atoms with Crippen LogP contribution < -0.4 is 4.74 Å². The number of likely N-dealkylation sites (tertiary alicyclic amines) is 1. The lowest BCUT2D eigenvalue weighted by molar-refractivity contribution is -0.149. The maximum absolute atomic E-state index is 11.7. The van der Waals surface area contributed by atoms with Crippen LogP contribution in [-0.4, -0.2) is 46.2 Å². The number of carbonyl (C=O) groups excluding carboxylic acids is 2. The molecule has 2 atom stereocenters. The largest absolute Gasteiger partial charge is 0.480 e. The summed E-state index contributed by atoms with van der Waals surface area (Å²) in [5, 5.41) is 8.87. The summed E-state index contributed by atoms with van der Waals surface area (Å²) in [5.74, 6) is -0.271. The van der Waals surface area contributed by atoms with E-state index in [1.54, 1.807) is 19.1 Å². The number of carboxylic acid groups (broad SMARTS) is 1. The Balaban J connectivity index is 0.000000263. The fourth-order valence-corrected chi connectivity index (χ4v) is 2.68. The zero-order chi connectivity index (χ0) is 19.5. The van der Waals surface area contributed by atoms with Crippen molar-refractivity contribution in [2.24, 2.45) is 5.92 Å². The van der Waals surface area contributed by atoms with Gasteiger partial charge in [0.25, 0.3) is 0 Å². The Morgan fingerprint density at radius 2 is 1.96 bits per heavy atom. The van der Waals surface area contributed by atoms with Crippen LogP contribution in [-0.2, 0) is 14.4 Å². The van der Waals surface area contributed by atoms with E-state index in [1.165, 1.54) is 4.90 Å². The molecule has 0 aromatic heterocycles. The van der Waals surface area contributed by atoms with Crippen LogP contribution in [0.25, 0.3) is 0 Å². The molecule has 1 aliphatic rings. The number of carboxylic acids is 1. The summed E-state index contributed by atoms with van der Waals surface area (Å²) in [6, 6.07) is 8.49. The average Bonchev–Trinajstić information content (AvgIpc) is 3.12. The molecule has 1 aliphatic heterocycles. The van der Waals surface area contributed by atoms with Crippen LogP contribution in [0.2, 0.25) is 0 Å². The number of aliphatic carboxylic acids is 1. The molecule has 1 aromatic carbocycles. The molecule has 144 valence electrons. The lowest BCUT2D eigenvalue weighted by Crippen LogP contribution is -2.43. The summed E-state index contributed by atoms with van der Waals surface area (Å²) >= 11 is 4.03. The van der Waals surface area contributed by atoms with E-state index in [9.17, 15) is 14.4 Å². The monoisotopic (exact) mass is 381 g/mol. The number of nitrogens with zero attached hydrogens (tertiary/aromatic N) is 1. The zero-order valence-corrected chi connectivity index (χ0v) is 16.2. The summed E-state index contributed by atoms with van der Waals surface area (Å²) in [4.78, 5) is 35.0. The smallest absolute Gasteiger partial charge is 0.326 e. The molecule has 0 spiro atoms. The van der Waals surface area contributed by atoms with Crippen molar-refractivity contribution in [1.82, 2.24) is 4.90 Å². The maximum atomic E-state index is 11.7. The number of hydrogen-bond donors (Lipinski definition) is 2. The summed E-state index contributed by atoms with van der Waals surface area (Å²) in [6.07, 6.45) is 2.66. The standard InChI is InChI=1S/C10H12O2.C9H15NO3S/c1-2-6-10(11)12-9-7-4-3-5-8-9;1-6(5-14)8(11)10-4-2-3-7(10)9(12)13/h3-5,7-8H,2,6H2,1H3;6-7,14H,2-5H2,1H3,(H,12,13)/t;6-,7+/m.1/s1. The van der Waals surface area contributed by atoms with Crippen LogP contribution in [0.15, 0.2) is 30.3 Å². The summed E-state index contributed by atoms with van der Waals surface area (Å²) in [7, 11) is 0. The zero-order valence-electron chi connectivity index (χ0n) is 15.3. The maximum Gasteiger partial charge on any atom is 0.326 e. The van der Waals surface area contributed by atoms with Crippen LogP contribution in [0.5, 0.6) is 5.75 Å². The number of benzene rings is 1. The molecule has 1 heterocycles. The highest BCUT2D eigenvalue weighted by molar-refractivity contribution is 7.80. The molecule has 0 saturated carbocycles. The van der Waals surface area contributed by atoms with E-state index >= 15 is 0 Å². The molecule has 2 rings (SSSR count). The number of hydrogen-bond acceptors (Lipinski definition) is 5. The SMILES string of the molecule is CCCC(=O)Oc1ccccc1.C[C@H](CS)C(=O)N1CCC[C@H]1C(=O)O. The van der Waals surface area contributed by atoms with E-state index in [0.717, 1.165) is 12.8 Å². The fraction of sp³-hybridized carbons (Fsp3) is 0.526. The quantitative estimate of drug-likeness (QED) is 0.450. The molecule has 1 amide bonds. The predicted octanol–water partition coefficient (Wildman–Crippen LogP) is 3.02. The van der Waals surface area contributed by atoms with Gasteiger partial charge in [0.2, 0.25) is 5.91 Å². The van der Waals surface area contributed by atoms with Crippen molar-refractivity contribution < 1.29 is 24.2 Å². The van der Waals surface area contributed by atoms with Gasteiger partial charge in [-0.05, 0) is 31.4 Å². The van der Waals surface area contributed by atoms with E-state index < -0.39 is 12.0 Å². The van der Waals surface area contributed by atoms with Crippen LogP contribution in [0.4, 0.5) is 0 Å². The van der Waals surface area contributed by atoms with E-state index in [0.29, 0.717) is 30.9 Å². The first kappa shape index (κ1) is 22.0. The van der Waals surface area contributed by atoms with Crippen molar-refractivity contribution in [1.29, 1.82) is 0 Å². The van der Waals surface area contributed by atoms with E-state index in [4.69, 9.17) is 9.84 Å². The van der Waals surface area contributed by atoms with Gasteiger partial charge in [-0.15, -0.1) is 0 Å². The van der Waals surface area contributed by atoms with Gasteiger partial charge in [-0.3, -0.25) is 9.59 Å². The molecule has 1 aromatic rings. The molecule has 0 unspecified atom stereocenters. The summed E-state index contributed by atoms with van der Waals surface area (Å²) in [5.41, 5.74) is 0. The van der Waals surface area contributed by atoms with Gasteiger partial charge in [0.15, 0.2) is 0 Å². The van der Waals surface area contributed by atoms with Gasteiger partial charge in [0, 0.05) is 24.6 Å². The predicted molar refractivity (Wildman–Crippen MR) is 102 cm³/mol. The average molecular weight is 381 g/mol. The van der Waals surface area contributed by atoms with Crippen LogP contribution in [0, 0.1) is 5.92 Å². The third kappa shape index (κ3) is 7.07. The first-order chi connectivity index (χ1) is 12.4.